The Bertz CT molecular complexity index is 1110. The summed E-state index contributed by atoms with van der Waals surface area (Å²) in [6.07, 6.45) is 2.20. The van der Waals surface area contributed by atoms with Gasteiger partial charge in [-0.15, -0.1) is 0 Å². The van der Waals surface area contributed by atoms with Gasteiger partial charge in [-0.2, -0.15) is 4.98 Å². The van der Waals surface area contributed by atoms with E-state index in [0.29, 0.717) is 47.8 Å². The Morgan fingerprint density at radius 3 is 2.43 bits per heavy atom. The fourth-order valence-electron chi connectivity index (χ4n) is 4.65. The molecule has 3 N–H and O–H groups in total. The van der Waals surface area contributed by atoms with Gasteiger partial charge in [0.05, 0.1) is 11.9 Å². The van der Waals surface area contributed by atoms with Gasteiger partial charge >= 0.3 is 0 Å². The molecule has 0 saturated carbocycles. The molecule has 1 aliphatic heterocycles. The van der Waals surface area contributed by atoms with E-state index in [4.69, 9.17) is 0 Å². The number of benzene rings is 1. The average molecular weight is 513 g/mol. The quantitative estimate of drug-likeness (QED) is 0.413. The largest absolute Gasteiger partial charge is 0.506 e. The Morgan fingerprint density at radius 1 is 1.19 bits per heavy atom. The van der Waals surface area contributed by atoms with Crippen LogP contribution in [-0.4, -0.2) is 89.2 Å². The van der Waals surface area contributed by atoms with Crippen molar-refractivity contribution in [2.24, 2.45) is 0 Å². The van der Waals surface area contributed by atoms with Gasteiger partial charge in [-0.25, -0.2) is 9.99 Å². The van der Waals surface area contributed by atoms with Crippen LogP contribution >= 0.6 is 0 Å². The highest BCUT2D eigenvalue weighted by Crippen LogP contribution is 2.36. The molecule has 2 amide bonds. The zero-order valence-electron chi connectivity index (χ0n) is 23.1. The van der Waals surface area contributed by atoms with Gasteiger partial charge in [0.2, 0.25) is 5.95 Å². The van der Waals surface area contributed by atoms with Gasteiger partial charge in [0.1, 0.15) is 17.5 Å². The summed E-state index contributed by atoms with van der Waals surface area (Å²) in [5.41, 5.74) is 1.32. The summed E-state index contributed by atoms with van der Waals surface area (Å²) in [6.45, 7) is 11.7. The standard InChI is InChI=1S/C26H40N8O3/c1-9-20-25(37)32(8)21-15-28-26(30-23(21)34(20)31(6)7)29-19-11-10-18(14-22(19)35)24(36)27-12-13-33(16(2)3)17(4)5/h10-11,14-17,20,35H,9,12-13H2,1-8H3,(H,27,36)(H,28,29,30). The van der Waals surface area contributed by atoms with E-state index in [1.165, 1.54) is 6.07 Å². The number of rotatable bonds is 10. The monoisotopic (exact) mass is 512 g/mol. The second-order valence-corrected chi connectivity index (χ2v) is 9.95. The molecule has 0 fully saturated rings. The van der Waals surface area contributed by atoms with E-state index in [1.807, 2.05) is 31.0 Å². The zero-order chi connectivity index (χ0) is 27.4. The molecule has 1 aliphatic rings. The Kier molecular flexibility index (Phi) is 8.93. The average Bonchev–Trinajstić information content (AvgIpc) is 2.84. The first-order valence-electron chi connectivity index (χ1n) is 12.7. The molecule has 0 aliphatic carbocycles. The maximum atomic E-state index is 12.8. The van der Waals surface area contributed by atoms with Gasteiger partial charge in [-0.3, -0.25) is 19.5 Å². The van der Waals surface area contributed by atoms with E-state index in [0.717, 1.165) is 6.54 Å². The number of aromatic nitrogens is 2. The number of anilines is 4. The van der Waals surface area contributed by atoms with Crippen molar-refractivity contribution in [1.29, 1.82) is 0 Å². The number of fused-ring (bicyclic) bond motifs is 1. The van der Waals surface area contributed by atoms with Crippen molar-refractivity contribution in [2.75, 3.05) is 49.5 Å². The number of carbonyl (C=O) groups excluding carboxylic acids is 2. The number of nitrogens with zero attached hydrogens (tertiary/aromatic N) is 6. The number of nitrogens with one attached hydrogen (secondary N) is 2. The fourth-order valence-corrected chi connectivity index (χ4v) is 4.65. The minimum atomic E-state index is -0.380. The van der Waals surface area contributed by atoms with Crippen LogP contribution < -0.4 is 20.5 Å². The van der Waals surface area contributed by atoms with Gasteiger partial charge in [-0.1, -0.05) is 6.92 Å². The summed E-state index contributed by atoms with van der Waals surface area (Å²) in [4.78, 5) is 38.3. The van der Waals surface area contributed by atoms with E-state index >= 15 is 0 Å². The predicted octanol–water partition coefficient (Wildman–Crippen LogP) is 2.81. The van der Waals surface area contributed by atoms with Crippen molar-refractivity contribution in [2.45, 2.75) is 59.2 Å². The number of amides is 2. The van der Waals surface area contributed by atoms with Gasteiger partial charge in [0.25, 0.3) is 11.8 Å². The molecule has 11 heteroatoms. The third-order valence-corrected chi connectivity index (χ3v) is 6.55. The summed E-state index contributed by atoms with van der Waals surface area (Å²) in [6, 6.07) is 5.07. The first kappa shape index (κ1) is 28.1. The fraction of sp³-hybridized carbons (Fsp3) is 0.538. The van der Waals surface area contributed by atoms with Crippen LogP contribution in [0.2, 0.25) is 0 Å². The molecule has 3 rings (SSSR count). The molecular formula is C26H40N8O3. The second-order valence-electron chi connectivity index (χ2n) is 9.95. The number of phenols is 1. The molecule has 11 nitrogen and oxygen atoms in total. The molecule has 1 unspecified atom stereocenters. The lowest BCUT2D eigenvalue weighted by atomic mass is 10.1. The normalized spacial score (nSPS) is 15.7. The summed E-state index contributed by atoms with van der Waals surface area (Å²) in [7, 11) is 5.43. The molecule has 37 heavy (non-hydrogen) atoms. The topological polar surface area (TPSA) is 117 Å². The number of hydrazine groups is 1. The van der Waals surface area contributed by atoms with E-state index in [9.17, 15) is 14.7 Å². The van der Waals surface area contributed by atoms with Crippen molar-refractivity contribution < 1.29 is 14.7 Å². The number of hydrogen-bond donors (Lipinski definition) is 3. The molecule has 0 saturated heterocycles. The lowest BCUT2D eigenvalue weighted by Crippen LogP contribution is -2.57. The van der Waals surface area contributed by atoms with Crippen LogP contribution in [0.3, 0.4) is 0 Å². The van der Waals surface area contributed by atoms with E-state index in [-0.39, 0.29) is 29.6 Å². The van der Waals surface area contributed by atoms with Crippen LogP contribution in [0.4, 0.5) is 23.1 Å². The van der Waals surface area contributed by atoms with Crippen molar-refractivity contribution >= 4 is 35.0 Å². The predicted molar refractivity (Wildman–Crippen MR) is 146 cm³/mol. The van der Waals surface area contributed by atoms with Gasteiger partial charge in [0, 0.05) is 51.9 Å². The number of aromatic hydroxyl groups is 1. The van der Waals surface area contributed by atoms with Crippen LogP contribution in [0.5, 0.6) is 5.75 Å². The van der Waals surface area contributed by atoms with Crippen molar-refractivity contribution in [3.05, 3.63) is 30.0 Å². The smallest absolute Gasteiger partial charge is 0.251 e. The maximum Gasteiger partial charge on any atom is 0.251 e. The van der Waals surface area contributed by atoms with Crippen molar-refractivity contribution in [3.63, 3.8) is 0 Å². The highest BCUT2D eigenvalue weighted by atomic mass is 16.3. The van der Waals surface area contributed by atoms with E-state index < -0.39 is 0 Å². The van der Waals surface area contributed by atoms with Crippen LogP contribution in [0.25, 0.3) is 0 Å². The Morgan fingerprint density at radius 2 is 1.86 bits per heavy atom. The highest BCUT2D eigenvalue weighted by Gasteiger charge is 2.38. The molecule has 0 bridgehead atoms. The van der Waals surface area contributed by atoms with Crippen LogP contribution in [0.1, 0.15) is 51.4 Å². The summed E-state index contributed by atoms with van der Waals surface area (Å²) in [5.74, 6) is 0.477. The lowest BCUT2D eigenvalue weighted by Gasteiger charge is -2.43. The van der Waals surface area contributed by atoms with Crippen LogP contribution in [-0.2, 0) is 4.79 Å². The third-order valence-electron chi connectivity index (χ3n) is 6.55. The van der Waals surface area contributed by atoms with Crippen molar-refractivity contribution in [3.8, 4) is 5.75 Å². The first-order valence-corrected chi connectivity index (χ1v) is 12.7. The number of likely N-dealkylation sites (N-methyl/N-ethyl adjacent to an activating group) is 1. The molecule has 1 aromatic carbocycles. The first-order chi connectivity index (χ1) is 17.5. The summed E-state index contributed by atoms with van der Waals surface area (Å²) >= 11 is 0. The number of phenolic OH excluding ortho intramolecular Hbond substituents is 1. The molecule has 0 spiro atoms. The SMILES string of the molecule is CCC1C(=O)N(C)c2cnc(Nc3ccc(C(=O)NCCN(C(C)C)C(C)C)cc3O)nc2N1N(C)C. The second kappa shape index (κ2) is 11.7. The van der Waals surface area contributed by atoms with Crippen molar-refractivity contribution in [1.82, 2.24) is 25.2 Å². The molecule has 1 aromatic heterocycles. The Balaban J connectivity index is 1.75. The Hall–Kier alpha value is -3.44. The molecular weight excluding hydrogens is 472 g/mol. The van der Waals surface area contributed by atoms with Gasteiger partial charge < -0.3 is 20.6 Å². The summed E-state index contributed by atoms with van der Waals surface area (Å²) in [5, 5.41) is 20.3. The summed E-state index contributed by atoms with van der Waals surface area (Å²) < 4.78 is 0. The molecule has 2 aromatic rings. The maximum absolute atomic E-state index is 12.8. The molecule has 0 radical (unpaired) electrons. The molecule has 202 valence electrons. The zero-order valence-corrected chi connectivity index (χ0v) is 23.1. The Labute approximate surface area is 219 Å². The lowest BCUT2D eigenvalue weighted by molar-refractivity contribution is -0.120. The van der Waals surface area contributed by atoms with Gasteiger partial charge in [-0.05, 0) is 52.3 Å². The van der Waals surface area contributed by atoms with E-state index in [1.54, 1.807) is 30.3 Å². The minimum Gasteiger partial charge on any atom is -0.506 e. The third kappa shape index (κ3) is 6.11. The number of hydrogen-bond acceptors (Lipinski definition) is 9. The number of carbonyl (C=O) groups is 2. The molecule has 2 heterocycles. The van der Waals surface area contributed by atoms with Crippen LogP contribution in [0, 0.1) is 0 Å². The minimum absolute atomic E-state index is 0.0272. The highest BCUT2D eigenvalue weighted by molar-refractivity contribution is 6.04. The molecule has 1 atom stereocenters. The van der Waals surface area contributed by atoms with E-state index in [2.05, 4.69) is 53.2 Å². The van der Waals surface area contributed by atoms with Crippen LogP contribution in [0.15, 0.2) is 24.4 Å². The van der Waals surface area contributed by atoms with Gasteiger partial charge in [0.15, 0.2) is 5.82 Å².